The lowest BCUT2D eigenvalue weighted by Gasteiger charge is -2.44. The minimum absolute atomic E-state index is 0.0953. The lowest BCUT2D eigenvalue weighted by Crippen LogP contribution is -2.60. The maximum absolute atomic E-state index is 14.2. The van der Waals surface area contributed by atoms with Crippen molar-refractivity contribution in [3.8, 4) is 0 Å². The van der Waals surface area contributed by atoms with Gasteiger partial charge < -0.3 is 20.3 Å². The number of hydrogen-bond donors (Lipinski definition) is 2. The Morgan fingerprint density at radius 3 is 1.86 bits per heavy atom. The second-order valence-corrected chi connectivity index (χ2v) is 11.5. The van der Waals surface area contributed by atoms with Crippen LogP contribution < -0.4 is 10.6 Å². The van der Waals surface area contributed by atoms with Crippen molar-refractivity contribution < 1.29 is 19.1 Å². The fourth-order valence-electron chi connectivity index (χ4n) is 3.83. The van der Waals surface area contributed by atoms with Crippen molar-refractivity contribution in [1.82, 2.24) is 15.5 Å². The molecule has 7 heteroatoms. The third kappa shape index (κ3) is 9.19. The van der Waals surface area contributed by atoms with Crippen LogP contribution in [0, 0.1) is 5.92 Å². The molecule has 0 aromatic heterocycles. The number of carbonyl (C=O) groups excluding carboxylic acids is 3. The fourth-order valence-corrected chi connectivity index (χ4v) is 3.83. The Balaban J connectivity index is 3.59. The van der Waals surface area contributed by atoms with Gasteiger partial charge in [0.1, 0.15) is 17.7 Å². The number of alkyl carbamates (subject to hydrolysis) is 1. The van der Waals surface area contributed by atoms with Gasteiger partial charge in [0, 0.05) is 11.6 Å². The number of amides is 3. The fraction of sp³-hybridized carbons (Fsp3) is 0.679. The lowest BCUT2D eigenvalue weighted by molar-refractivity contribution is -0.149. The van der Waals surface area contributed by atoms with Crippen molar-refractivity contribution in [2.75, 3.05) is 0 Å². The molecule has 3 unspecified atom stereocenters. The summed E-state index contributed by atoms with van der Waals surface area (Å²) >= 11 is 0. The predicted molar refractivity (Wildman–Crippen MR) is 141 cm³/mol. The average molecular weight is 490 g/mol. The van der Waals surface area contributed by atoms with Gasteiger partial charge in [-0.3, -0.25) is 9.59 Å². The molecule has 0 bridgehead atoms. The molecule has 0 aliphatic rings. The summed E-state index contributed by atoms with van der Waals surface area (Å²) in [6, 6.07) is 6.00. The van der Waals surface area contributed by atoms with Crippen LogP contribution in [0.3, 0.4) is 0 Å². The number of rotatable bonds is 9. The lowest BCUT2D eigenvalue weighted by atomic mass is 9.91. The summed E-state index contributed by atoms with van der Waals surface area (Å²) in [6.45, 7) is 20.8. The van der Waals surface area contributed by atoms with Gasteiger partial charge in [-0.1, -0.05) is 51.5 Å². The maximum Gasteiger partial charge on any atom is 0.408 e. The summed E-state index contributed by atoms with van der Waals surface area (Å²) in [5.41, 5.74) is 0.469. The first-order valence-corrected chi connectivity index (χ1v) is 12.7. The van der Waals surface area contributed by atoms with E-state index in [1.165, 1.54) is 0 Å². The number of nitrogens with one attached hydrogen (secondary N) is 2. The van der Waals surface area contributed by atoms with Gasteiger partial charge >= 0.3 is 6.09 Å². The van der Waals surface area contributed by atoms with Gasteiger partial charge in [-0.2, -0.15) is 0 Å². The molecule has 0 aliphatic carbocycles. The van der Waals surface area contributed by atoms with Crippen LogP contribution in [0.4, 0.5) is 4.79 Å². The predicted octanol–water partition coefficient (Wildman–Crippen LogP) is 5.38. The van der Waals surface area contributed by atoms with E-state index in [0.29, 0.717) is 6.42 Å². The van der Waals surface area contributed by atoms with Crippen LogP contribution in [-0.4, -0.2) is 46.0 Å². The van der Waals surface area contributed by atoms with Crippen LogP contribution in [0.5, 0.6) is 0 Å². The number of aryl methyl sites for hydroxylation is 1. The van der Waals surface area contributed by atoms with Crippen molar-refractivity contribution in [2.45, 2.75) is 118 Å². The molecule has 3 amide bonds. The molecule has 0 heterocycles. The number of benzene rings is 1. The van der Waals surface area contributed by atoms with E-state index in [2.05, 4.69) is 17.6 Å². The van der Waals surface area contributed by atoms with Gasteiger partial charge in [0.15, 0.2) is 0 Å². The molecule has 2 N–H and O–H groups in total. The van der Waals surface area contributed by atoms with Crippen LogP contribution >= 0.6 is 0 Å². The molecule has 0 aliphatic heterocycles. The van der Waals surface area contributed by atoms with E-state index < -0.39 is 29.3 Å². The Morgan fingerprint density at radius 2 is 1.46 bits per heavy atom. The van der Waals surface area contributed by atoms with Crippen LogP contribution in [0.15, 0.2) is 24.3 Å². The van der Waals surface area contributed by atoms with Crippen LogP contribution in [-0.2, 0) is 20.7 Å². The molecule has 3 atom stereocenters. The largest absolute Gasteiger partial charge is 0.444 e. The summed E-state index contributed by atoms with van der Waals surface area (Å²) < 4.78 is 5.45. The second kappa shape index (κ2) is 12.4. The SMILES string of the molecule is CCc1ccc(C(C(=O)NC(C)C)N(C(=O)C(NC(=O)OC(C)(C)C)C(C)CC)C(C)(C)C)cc1. The number of hydrogen-bond acceptors (Lipinski definition) is 4. The highest BCUT2D eigenvalue weighted by Gasteiger charge is 2.43. The standard InChI is InChI=1S/C28H47N3O4/c1-12-19(5)22(30-26(34)35-28(9,10)11)25(33)31(27(6,7)8)23(24(32)29-18(3)4)21-16-14-20(13-2)15-17-21/h14-19,22-23H,12-13H2,1-11H3,(H,29,32)(H,30,34). The summed E-state index contributed by atoms with van der Waals surface area (Å²) in [4.78, 5) is 42.0. The second-order valence-electron chi connectivity index (χ2n) is 11.5. The van der Waals surface area contributed by atoms with Crippen molar-refractivity contribution in [3.05, 3.63) is 35.4 Å². The van der Waals surface area contributed by atoms with Crippen LogP contribution in [0.25, 0.3) is 0 Å². The Kier molecular flexibility index (Phi) is 10.8. The smallest absolute Gasteiger partial charge is 0.408 e. The Labute approximate surface area is 212 Å². The van der Waals surface area contributed by atoms with Crippen molar-refractivity contribution in [1.29, 1.82) is 0 Å². The first kappa shape index (κ1) is 30.5. The third-order valence-electron chi connectivity index (χ3n) is 5.75. The molecule has 0 spiro atoms. The highest BCUT2D eigenvalue weighted by atomic mass is 16.6. The zero-order chi connectivity index (χ0) is 27.1. The van der Waals surface area contributed by atoms with Gasteiger partial charge in [-0.15, -0.1) is 0 Å². The van der Waals surface area contributed by atoms with E-state index in [1.807, 2.05) is 72.7 Å². The molecule has 198 valence electrons. The molecule has 1 aromatic carbocycles. The molecule has 35 heavy (non-hydrogen) atoms. The minimum atomic E-state index is -0.859. The van der Waals surface area contributed by atoms with E-state index in [-0.39, 0.29) is 23.8 Å². The molecule has 0 radical (unpaired) electrons. The number of carbonyl (C=O) groups is 3. The zero-order valence-electron chi connectivity index (χ0n) is 23.6. The van der Waals surface area contributed by atoms with Gasteiger partial charge in [-0.05, 0) is 78.9 Å². The Bertz CT molecular complexity index is 850. The first-order chi connectivity index (χ1) is 16.0. The van der Waals surface area contributed by atoms with E-state index in [4.69, 9.17) is 4.74 Å². The number of nitrogens with zero attached hydrogens (tertiary/aromatic N) is 1. The van der Waals surface area contributed by atoms with Gasteiger partial charge in [0.05, 0.1) is 0 Å². The van der Waals surface area contributed by atoms with Crippen molar-refractivity contribution in [3.63, 3.8) is 0 Å². The summed E-state index contributed by atoms with van der Waals surface area (Å²) in [6.07, 6.45) is 0.889. The molecule has 7 nitrogen and oxygen atoms in total. The molecular formula is C28H47N3O4. The molecule has 0 fully saturated rings. The summed E-state index contributed by atoms with van der Waals surface area (Å²) in [5, 5.41) is 5.78. The van der Waals surface area contributed by atoms with Gasteiger partial charge in [0.2, 0.25) is 11.8 Å². The molecule has 1 rings (SSSR count). The average Bonchev–Trinajstić information content (AvgIpc) is 2.72. The Morgan fingerprint density at radius 1 is 0.914 bits per heavy atom. The van der Waals surface area contributed by atoms with Crippen LogP contribution in [0.2, 0.25) is 0 Å². The summed E-state index contributed by atoms with van der Waals surface area (Å²) in [5.74, 6) is -0.745. The first-order valence-electron chi connectivity index (χ1n) is 12.7. The topological polar surface area (TPSA) is 87.7 Å². The monoisotopic (exact) mass is 489 g/mol. The van der Waals surface area contributed by atoms with E-state index in [9.17, 15) is 14.4 Å². The molecule has 1 aromatic rings. The Hall–Kier alpha value is -2.57. The quantitative estimate of drug-likeness (QED) is 0.487. The molecular weight excluding hydrogens is 442 g/mol. The highest BCUT2D eigenvalue weighted by molar-refractivity contribution is 5.93. The summed E-state index contributed by atoms with van der Waals surface area (Å²) in [7, 11) is 0. The van der Waals surface area contributed by atoms with E-state index in [1.54, 1.807) is 25.7 Å². The highest BCUT2D eigenvalue weighted by Crippen LogP contribution is 2.31. The zero-order valence-corrected chi connectivity index (χ0v) is 23.6. The van der Waals surface area contributed by atoms with Crippen molar-refractivity contribution >= 4 is 17.9 Å². The maximum atomic E-state index is 14.2. The normalized spacial score (nSPS) is 14.6. The van der Waals surface area contributed by atoms with Crippen LogP contribution in [0.1, 0.15) is 99.8 Å². The van der Waals surface area contributed by atoms with E-state index in [0.717, 1.165) is 17.5 Å². The molecule has 0 saturated carbocycles. The molecule has 0 saturated heterocycles. The number of ether oxygens (including phenoxy) is 1. The van der Waals surface area contributed by atoms with Gasteiger partial charge in [0.25, 0.3) is 0 Å². The van der Waals surface area contributed by atoms with Gasteiger partial charge in [-0.25, -0.2) is 4.79 Å². The van der Waals surface area contributed by atoms with Crippen molar-refractivity contribution in [2.24, 2.45) is 5.92 Å². The minimum Gasteiger partial charge on any atom is -0.444 e. The third-order valence-corrected chi connectivity index (χ3v) is 5.75. The van der Waals surface area contributed by atoms with E-state index >= 15 is 0 Å².